The fourth-order valence-corrected chi connectivity index (χ4v) is 2.86. The third-order valence-corrected chi connectivity index (χ3v) is 4.03. The van der Waals surface area contributed by atoms with Crippen molar-refractivity contribution in [2.75, 3.05) is 33.2 Å². The zero-order chi connectivity index (χ0) is 15.1. The van der Waals surface area contributed by atoms with Crippen molar-refractivity contribution in [2.45, 2.75) is 39.3 Å². The highest BCUT2D eigenvalue weighted by molar-refractivity contribution is 5.79. The van der Waals surface area contributed by atoms with E-state index in [4.69, 9.17) is 0 Å². The Labute approximate surface area is 127 Å². The van der Waals surface area contributed by atoms with E-state index >= 15 is 0 Å². The Kier molecular flexibility index (Phi) is 6.04. The van der Waals surface area contributed by atoms with Crippen LogP contribution in [0.1, 0.15) is 25.3 Å². The van der Waals surface area contributed by atoms with Gasteiger partial charge >= 0.3 is 0 Å². The molecule has 1 aliphatic heterocycles. The number of rotatable bonds is 6. The molecule has 0 radical (unpaired) electrons. The van der Waals surface area contributed by atoms with Crippen LogP contribution in [0.5, 0.6) is 0 Å². The van der Waals surface area contributed by atoms with Gasteiger partial charge in [-0.3, -0.25) is 14.6 Å². The van der Waals surface area contributed by atoms with Crippen LogP contribution in [0.15, 0.2) is 17.4 Å². The Hall–Kier alpha value is -1.56. The third kappa shape index (κ3) is 4.74. The second-order valence-corrected chi connectivity index (χ2v) is 5.59. The quantitative estimate of drug-likeness (QED) is 0.603. The normalized spacial score (nSPS) is 20.0. The number of nitrogens with zero attached hydrogens (tertiary/aromatic N) is 4. The highest BCUT2D eigenvalue weighted by Gasteiger charge is 2.22. The van der Waals surface area contributed by atoms with Gasteiger partial charge < -0.3 is 10.6 Å². The zero-order valence-corrected chi connectivity index (χ0v) is 13.5. The van der Waals surface area contributed by atoms with E-state index in [9.17, 15) is 0 Å². The minimum atomic E-state index is 0.641. The summed E-state index contributed by atoms with van der Waals surface area (Å²) in [6.07, 6.45) is 6.53. The van der Waals surface area contributed by atoms with Gasteiger partial charge in [0, 0.05) is 32.4 Å². The molecule has 0 aliphatic carbocycles. The van der Waals surface area contributed by atoms with Crippen LogP contribution in [0.4, 0.5) is 0 Å². The van der Waals surface area contributed by atoms with Crippen LogP contribution < -0.4 is 10.6 Å². The highest BCUT2D eigenvalue weighted by atomic mass is 15.3. The fraction of sp³-hybridized carbons (Fsp3) is 0.733. The molecule has 0 aromatic carbocycles. The molecule has 1 fully saturated rings. The summed E-state index contributed by atoms with van der Waals surface area (Å²) < 4.78 is 1.95. The average molecular weight is 292 g/mol. The van der Waals surface area contributed by atoms with Crippen molar-refractivity contribution >= 4 is 5.96 Å². The zero-order valence-electron chi connectivity index (χ0n) is 13.5. The fourth-order valence-electron chi connectivity index (χ4n) is 2.86. The molecule has 2 heterocycles. The van der Waals surface area contributed by atoms with Crippen LogP contribution in [0.3, 0.4) is 0 Å². The van der Waals surface area contributed by atoms with Gasteiger partial charge in [0.25, 0.3) is 0 Å². The highest BCUT2D eigenvalue weighted by Crippen LogP contribution is 2.15. The largest absolute Gasteiger partial charge is 0.355 e. The molecule has 2 N–H and O–H groups in total. The number of guanidine groups is 1. The van der Waals surface area contributed by atoms with Gasteiger partial charge in [0.2, 0.25) is 0 Å². The molecule has 0 amide bonds. The van der Waals surface area contributed by atoms with E-state index in [0.29, 0.717) is 6.04 Å². The maximum Gasteiger partial charge on any atom is 0.191 e. The second-order valence-electron chi connectivity index (χ2n) is 5.59. The summed E-state index contributed by atoms with van der Waals surface area (Å²) >= 11 is 0. The summed E-state index contributed by atoms with van der Waals surface area (Å²) in [7, 11) is 1.82. The molecule has 1 unspecified atom stereocenters. The molecule has 21 heavy (non-hydrogen) atoms. The van der Waals surface area contributed by atoms with Crippen LogP contribution in [-0.2, 0) is 6.54 Å². The summed E-state index contributed by atoms with van der Waals surface area (Å²) in [5.41, 5.74) is 1.19. The first-order valence-electron chi connectivity index (χ1n) is 7.90. The van der Waals surface area contributed by atoms with Crippen LogP contribution in [-0.4, -0.2) is 59.9 Å². The Morgan fingerprint density at radius 1 is 1.48 bits per heavy atom. The lowest BCUT2D eigenvalue weighted by Crippen LogP contribution is -2.45. The maximum absolute atomic E-state index is 4.28. The van der Waals surface area contributed by atoms with Crippen molar-refractivity contribution in [3.63, 3.8) is 0 Å². The monoisotopic (exact) mass is 292 g/mol. The van der Waals surface area contributed by atoms with Crippen molar-refractivity contribution < 1.29 is 0 Å². The molecule has 0 spiro atoms. The van der Waals surface area contributed by atoms with Gasteiger partial charge in [-0.1, -0.05) is 6.92 Å². The SMILES string of the molecule is CCN1CCCC1CNC(=NC)NCCn1cc(C)cn1. The van der Waals surface area contributed by atoms with E-state index in [-0.39, 0.29) is 0 Å². The molecule has 1 saturated heterocycles. The van der Waals surface area contributed by atoms with E-state index in [2.05, 4.69) is 45.7 Å². The molecule has 0 saturated carbocycles. The number of likely N-dealkylation sites (N-methyl/N-ethyl adjacent to an activating group) is 1. The molecular weight excluding hydrogens is 264 g/mol. The second kappa shape index (κ2) is 8.02. The maximum atomic E-state index is 4.28. The predicted molar refractivity (Wildman–Crippen MR) is 86.6 cm³/mol. The lowest BCUT2D eigenvalue weighted by atomic mass is 10.2. The van der Waals surface area contributed by atoms with Crippen LogP contribution in [0, 0.1) is 6.92 Å². The molecule has 6 nitrogen and oxygen atoms in total. The third-order valence-electron chi connectivity index (χ3n) is 4.03. The number of aromatic nitrogens is 2. The van der Waals surface area contributed by atoms with E-state index in [1.165, 1.54) is 24.9 Å². The summed E-state index contributed by atoms with van der Waals surface area (Å²) in [5.74, 6) is 0.877. The van der Waals surface area contributed by atoms with Crippen LogP contribution in [0.25, 0.3) is 0 Å². The van der Waals surface area contributed by atoms with Crippen molar-refractivity contribution in [1.82, 2.24) is 25.3 Å². The van der Waals surface area contributed by atoms with Crippen LogP contribution >= 0.6 is 0 Å². The summed E-state index contributed by atoms with van der Waals surface area (Å²) in [4.78, 5) is 6.82. The number of aliphatic imine (C=N–C) groups is 1. The Balaban J connectivity index is 1.68. The van der Waals surface area contributed by atoms with E-state index < -0.39 is 0 Å². The van der Waals surface area contributed by atoms with E-state index in [1.807, 2.05) is 17.9 Å². The molecule has 2 rings (SSSR count). The van der Waals surface area contributed by atoms with Gasteiger partial charge in [-0.2, -0.15) is 5.10 Å². The lowest BCUT2D eigenvalue weighted by molar-refractivity contribution is 0.267. The average Bonchev–Trinajstić information content (AvgIpc) is 3.11. The number of aryl methyl sites for hydroxylation is 1. The summed E-state index contributed by atoms with van der Waals surface area (Å²) in [6, 6.07) is 0.641. The molecule has 1 aliphatic rings. The molecular formula is C15H28N6. The van der Waals surface area contributed by atoms with Gasteiger partial charge in [-0.15, -0.1) is 0 Å². The molecule has 1 aromatic heterocycles. The minimum absolute atomic E-state index is 0.641. The Bertz CT molecular complexity index is 453. The van der Waals surface area contributed by atoms with E-state index in [0.717, 1.165) is 32.1 Å². The number of hydrogen-bond donors (Lipinski definition) is 2. The number of nitrogens with one attached hydrogen (secondary N) is 2. The number of likely N-dealkylation sites (tertiary alicyclic amines) is 1. The van der Waals surface area contributed by atoms with Gasteiger partial charge in [0.15, 0.2) is 5.96 Å². The topological polar surface area (TPSA) is 57.5 Å². The smallest absolute Gasteiger partial charge is 0.191 e. The minimum Gasteiger partial charge on any atom is -0.355 e. The number of hydrogen-bond acceptors (Lipinski definition) is 3. The Morgan fingerprint density at radius 2 is 2.33 bits per heavy atom. The Morgan fingerprint density at radius 3 is 3.00 bits per heavy atom. The molecule has 0 bridgehead atoms. The standard InChI is InChI=1S/C15H28N6/c1-4-20-8-5-6-14(20)11-18-15(16-3)17-7-9-21-12-13(2)10-19-21/h10,12,14H,4-9,11H2,1-3H3,(H2,16,17,18). The first-order valence-corrected chi connectivity index (χ1v) is 7.90. The van der Waals surface area contributed by atoms with Crippen molar-refractivity contribution in [3.8, 4) is 0 Å². The molecule has 1 atom stereocenters. The van der Waals surface area contributed by atoms with Crippen molar-refractivity contribution in [2.24, 2.45) is 4.99 Å². The predicted octanol–water partition coefficient (Wildman–Crippen LogP) is 0.841. The molecule has 6 heteroatoms. The summed E-state index contributed by atoms with van der Waals surface area (Å²) in [5, 5.41) is 11.1. The van der Waals surface area contributed by atoms with Crippen LogP contribution in [0.2, 0.25) is 0 Å². The van der Waals surface area contributed by atoms with E-state index in [1.54, 1.807) is 0 Å². The van der Waals surface area contributed by atoms with Crippen molar-refractivity contribution in [1.29, 1.82) is 0 Å². The van der Waals surface area contributed by atoms with Gasteiger partial charge in [0.05, 0.1) is 12.7 Å². The van der Waals surface area contributed by atoms with Crippen molar-refractivity contribution in [3.05, 3.63) is 18.0 Å². The molecule has 118 valence electrons. The first kappa shape index (κ1) is 15.8. The molecule has 1 aromatic rings. The van der Waals surface area contributed by atoms with Gasteiger partial charge in [-0.05, 0) is 38.4 Å². The lowest BCUT2D eigenvalue weighted by Gasteiger charge is -2.23. The summed E-state index contributed by atoms with van der Waals surface area (Å²) in [6.45, 7) is 9.29. The van der Waals surface area contributed by atoms with Gasteiger partial charge in [0.1, 0.15) is 0 Å². The first-order chi connectivity index (χ1) is 10.2. The van der Waals surface area contributed by atoms with Gasteiger partial charge in [-0.25, -0.2) is 0 Å².